The third-order valence-corrected chi connectivity index (χ3v) is 2.56. The molecule has 0 spiro atoms. The maximum Gasteiger partial charge on any atom is 0.143 e. The van der Waals surface area contributed by atoms with Crippen molar-refractivity contribution in [2.75, 3.05) is 0 Å². The number of aliphatic hydroxyl groups excluding tert-OH is 1. The summed E-state index contributed by atoms with van der Waals surface area (Å²) in [5.41, 5.74) is 0. The standard InChI is InChI=1S/C9H15NO/c1-7-3-2-4-8(5-7)9(11)6-10/h7-9,11H,2-5H2,1H3. The lowest BCUT2D eigenvalue weighted by atomic mass is 9.80. The van der Waals surface area contributed by atoms with E-state index < -0.39 is 6.10 Å². The first-order chi connectivity index (χ1) is 5.24. The van der Waals surface area contributed by atoms with E-state index in [1.165, 1.54) is 12.8 Å². The third-order valence-electron chi connectivity index (χ3n) is 2.56. The molecule has 0 bridgehead atoms. The minimum atomic E-state index is -0.724. The van der Waals surface area contributed by atoms with Crippen LogP contribution in [0, 0.1) is 23.2 Å². The van der Waals surface area contributed by atoms with Crippen molar-refractivity contribution in [1.82, 2.24) is 0 Å². The predicted octanol–water partition coefficient (Wildman–Crippen LogP) is 1.70. The van der Waals surface area contributed by atoms with Crippen LogP contribution in [-0.4, -0.2) is 11.2 Å². The number of rotatable bonds is 1. The van der Waals surface area contributed by atoms with E-state index in [0.717, 1.165) is 12.8 Å². The fourth-order valence-corrected chi connectivity index (χ4v) is 1.87. The minimum absolute atomic E-state index is 0.240. The Labute approximate surface area is 67.8 Å². The quantitative estimate of drug-likeness (QED) is 0.583. The lowest BCUT2D eigenvalue weighted by Crippen LogP contribution is -2.24. The highest BCUT2D eigenvalue weighted by molar-refractivity contribution is 4.90. The molecule has 0 amide bonds. The first kappa shape index (κ1) is 8.55. The summed E-state index contributed by atoms with van der Waals surface area (Å²) in [6.07, 6.45) is 3.75. The summed E-state index contributed by atoms with van der Waals surface area (Å²) in [6.45, 7) is 2.19. The Morgan fingerprint density at radius 3 is 2.82 bits per heavy atom. The molecule has 0 aliphatic heterocycles. The van der Waals surface area contributed by atoms with Gasteiger partial charge in [-0.05, 0) is 24.7 Å². The topological polar surface area (TPSA) is 44.0 Å². The Morgan fingerprint density at radius 2 is 2.27 bits per heavy atom. The van der Waals surface area contributed by atoms with Crippen LogP contribution < -0.4 is 0 Å². The summed E-state index contributed by atoms with van der Waals surface area (Å²) in [4.78, 5) is 0. The minimum Gasteiger partial charge on any atom is -0.378 e. The van der Waals surface area contributed by atoms with Crippen molar-refractivity contribution in [3.05, 3.63) is 0 Å². The number of nitrogens with zero attached hydrogens (tertiary/aromatic N) is 1. The molecule has 0 aromatic rings. The molecule has 1 aliphatic rings. The Bertz CT molecular complexity index is 161. The fourth-order valence-electron chi connectivity index (χ4n) is 1.87. The second kappa shape index (κ2) is 3.73. The molecule has 0 aromatic carbocycles. The average Bonchev–Trinajstić information content (AvgIpc) is 2.03. The molecular weight excluding hydrogens is 138 g/mol. The van der Waals surface area contributed by atoms with Crippen molar-refractivity contribution in [2.24, 2.45) is 11.8 Å². The van der Waals surface area contributed by atoms with Crippen LogP contribution in [0.15, 0.2) is 0 Å². The Balaban J connectivity index is 2.40. The summed E-state index contributed by atoms with van der Waals surface area (Å²) in [5, 5.41) is 17.7. The van der Waals surface area contributed by atoms with E-state index in [1.807, 2.05) is 6.07 Å². The van der Waals surface area contributed by atoms with E-state index in [4.69, 9.17) is 5.26 Å². The van der Waals surface area contributed by atoms with Gasteiger partial charge in [0.25, 0.3) is 0 Å². The molecule has 11 heavy (non-hydrogen) atoms. The van der Waals surface area contributed by atoms with E-state index in [2.05, 4.69) is 6.92 Å². The molecule has 2 heteroatoms. The summed E-state index contributed by atoms with van der Waals surface area (Å²) in [6, 6.07) is 1.91. The molecule has 1 fully saturated rings. The zero-order chi connectivity index (χ0) is 8.27. The summed E-state index contributed by atoms with van der Waals surface area (Å²) >= 11 is 0. The van der Waals surface area contributed by atoms with Crippen LogP contribution >= 0.6 is 0 Å². The van der Waals surface area contributed by atoms with Crippen LogP contribution in [0.3, 0.4) is 0 Å². The summed E-state index contributed by atoms with van der Waals surface area (Å²) in [7, 11) is 0. The molecule has 1 aliphatic carbocycles. The van der Waals surface area contributed by atoms with Gasteiger partial charge >= 0.3 is 0 Å². The number of hydrogen-bond acceptors (Lipinski definition) is 2. The van der Waals surface area contributed by atoms with Crippen molar-refractivity contribution >= 4 is 0 Å². The normalized spacial score (nSPS) is 34.3. The third kappa shape index (κ3) is 2.20. The number of aliphatic hydroxyl groups is 1. The van der Waals surface area contributed by atoms with Crippen molar-refractivity contribution in [3.63, 3.8) is 0 Å². The number of hydrogen-bond donors (Lipinski definition) is 1. The van der Waals surface area contributed by atoms with Crippen LogP contribution in [-0.2, 0) is 0 Å². The van der Waals surface area contributed by atoms with Crippen molar-refractivity contribution in [1.29, 1.82) is 5.26 Å². The van der Waals surface area contributed by atoms with E-state index in [-0.39, 0.29) is 5.92 Å². The highest BCUT2D eigenvalue weighted by Gasteiger charge is 2.24. The SMILES string of the molecule is CC1CCCC(C(O)C#N)C1. The van der Waals surface area contributed by atoms with Crippen LogP contribution in [0.4, 0.5) is 0 Å². The predicted molar refractivity (Wildman–Crippen MR) is 42.7 cm³/mol. The smallest absolute Gasteiger partial charge is 0.143 e. The number of nitriles is 1. The van der Waals surface area contributed by atoms with E-state index in [0.29, 0.717) is 5.92 Å². The van der Waals surface area contributed by atoms with Crippen LogP contribution in [0.25, 0.3) is 0 Å². The Kier molecular flexibility index (Phi) is 2.90. The van der Waals surface area contributed by atoms with Gasteiger partial charge in [0.1, 0.15) is 6.10 Å². The molecule has 0 aromatic heterocycles. The van der Waals surface area contributed by atoms with E-state index in [1.54, 1.807) is 0 Å². The zero-order valence-electron chi connectivity index (χ0n) is 6.95. The molecule has 1 rings (SSSR count). The molecule has 3 atom stereocenters. The fraction of sp³-hybridized carbons (Fsp3) is 0.889. The maximum atomic E-state index is 9.24. The molecule has 62 valence electrons. The van der Waals surface area contributed by atoms with Gasteiger partial charge < -0.3 is 5.11 Å². The van der Waals surface area contributed by atoms with Crippen LogP contribution in [0.5, 0.6) is 0 Å². The molecule has 0 heterocycles. The monoisotopic (exact) mass is 153 g/mol. The van der Waals surface area contributed by atoms with Gasteiger partial charge in [-0.3, -0.25) is 0 Å². The molecule has 1 saturated carbocycles. The zero-order valence-corrected chi connectivity index (χ0v) is 6.95. The molecule has 0 saturated heterocycles. The first-order valence-electron chi connectivity index (χ1n) is 4.31. The van der Waals surface area contributed by atoms with Gasteiger partial charge in [-0.25, -0.2) is 0 Å². The lowest BCUT2D eigenvalue weighted by molar-refractivity contribution is 0.114. The molecule has 1 N–H and O–H groups in total. The lowest BCUT2D eigenvalue weighted by Gasteiger charge is -2.27. The van der Waals surface area contributed by atoms with Gasteiger partial charge in [-0.2, -0.15) is 5.26 Å². The highest BCUT2D eigenvalue weighted by Crippen LogP contribution is 2.30. The maximum absolute atomic E-state index is 9.24. The van der Waals surface area contributed by atoms with Crippen LogP contribution in [0.2, 0.25) is 0 Å². The average molecular weight is 153 g/mol. The molecular formula is C9H15NO. The molecule has 0 radical (unpaired) electrons. The van der Waals surface area contributed by atoms with Gasteiger partial charge in [0.05, 0.1) is 6.07 Å². The van der Waals surface area contributed by atoms with E-state index >= 15 is 0 Å². The van der Waals surface area contributed by atoms with Gasteiger partial charge in [0.2, 0.25) is 0 Å². The largest absolute Gasteiger partial charge is 0.378 e. The van der Waals surface area contributed by atoms with Gasteiger partial charge in [-0.15, -0.1) is 0 Å². The first-order valence-corrected chi connectivity index (χ1v) is 4.31. The van der Waals surface area contributed by atoms with Crippen molar-refractivity contribution in [2.45, 2.75) is 38.7 Å². The summed E-state index contributed by atoms with van der Waals surface area (Å²) in [5.74, 6) is 0.931. The second-order valence-corrected chi connectivity index (χ2v) is 3.61. The van der Waals surface area contributed by atoms with Gasteiger partial charge in [0.15, 0.2) is 0 Å². The summed E-state index contributed by atoms with van der Waals surface area (Å²) < 4.78 is 0. The van der Waals surface area contributed by atoms with Gasteiger partial charge in [0, 0.05) is 0 Å². The molecule has 3 unspecified atom stereocenters. The second-order valence-electron chi connectivity index (χ2n) is 3.61. The van der Waals surface area contributed by atoms with Crippen LogP contribution in [0.1, 0.15) is 32.6 Å². The Hall–Kier alpha value is -0.550. The highest BCUT2D eigenvalue weighted by atomic mass is 16.3. The Morgan fingerprint density at radius 1 is 1.55 bits per heavy atom. The van der Waals surface area contributed by atoms with Gasteiger partial charge in [-0.1, -0.05) is 19.8 Å². The van der Waals surface area contributed by atoms with E-state index in [9.17, 15) is 5.11 Å². The molecule has 2 nitrogen and oxygen atoms in total. The van der Waals surface area contributed by atoms with Crippen molar-refractivity contribution in [3.8, 4) is 6.07 Å². The van der Waals surface area contributed by atoms with Crippen molar-refractivity contribution < 1.29 is 5.11 Å².